The molecule has 0 aromatic rings. The van der Waals surface area contributed by atoms with Crippen molar-refractivity contribution in [1.82, 2.24) is 5.32 Å². The maximum Gasteiger partial charge on any atom is 0.220 e. The summed E-state index contributed by atoms with van der Waals surface area (Å²) in [5, 5.41) is 3.07. The highest BCUT2D eigenvalue weighted by Gasteiger charge is 2.06. The summed E-state index contributed by atoms with van der Waals surface area (Å²) in [4.78, 5) is 15.9. The monoisotopic (exact) mass is 410 g/mol. The molecule has 0 saturated carbocycles. The van der Waals surface area contributed by atoms with Gasteiger partial charge in [0, 0.05) is 19.0 Å². The number of unbranched alkanes of at least 4 members (excludes halogenated alkanes) is 14. The van der Waals surface area contributed by atoms with Crippen LogP contribution in [-0.2, 0) is 4.79 Å². The molecule has 29 heavy (non-hydrogen) atoms. The van der Waals surface area contributed by atoms with Crippen LogP contribution in [0.2, 0.25) is 0 Å². The van der Waals surface area contributed by atoms with Crippen LogP contribution in [-0.4, -0.2) is 24.5 Å². The SMILES string of the molecule is CCCCCCCCCCCCCCCCCC(=O)NC(C)CCCN=C(N)N. The number of rotatable bonds is 21. The summed E-state index contributed by atoms with van der Waals surface area (Å²) in [5.74, 6) is 0.309. The molecule has 0 saturated heterocycles. The van der Waals surface area contributed by atoms with Gasteiger partial charge in [-0.2, -0.15) is 0 Å². The Kier molecular flexibility index (Phi) is 20.5. The van der Waals surface area contributed by atoms with Crippen molar-refractivity contribution >= 4 is 11.9 Å². The molecular weight excluding hydrogens is 360 g/mol. The van der Waals surface area contributed by atoms with E-state index < -0.39 is 0 Å². The number of guanidine groups is 1. The largest absolute Gasteiger partial charge is 0.370 e. The molecule has 0 aromatic heterocycles. The fourth-order valence-electron chi connectivity index (χ4n) is 3.68. The van der Waals surface area contributed by atoms with E-state index in [1.807, 2.05) is 6.92 Å². The number of carbonyl (C=O) groups excluding carboxylic acids is 1. The highest BCUT2D eigenvalue weighted by molar-refractivity contribution is 5.76. The zero-order chi connectivity index (χ0) is 21.6. The minimum Gasteiger partial charge on any atom is -0.370 e. The Labute approximate surface area is 180 Å². The topological polar surface area (TPSA) is 93.5 Å². The first-order valence-corrected chi connectivity index (χ1v) is 12.4. The summed E-state index contributed by atoms with van der Waals surface area (Å²) in [6.07, 6.45) is 22.7. The maximum atomic E-state index is 11.9. The summed E-state index contributed by atoms with van der Waals surface area (Å²) in [5.41, 5.74) is 10.6. The predicted molar refractivity (Wildman–Crippen MR) is 127 cm³/mol. The minimum absolute atomic E-state index is 0.134. The van der Waals surface area contributed by atoms with E-state index in [9.17, 15) is 4.79 Å². The molecule has 1 amide bonds. The number of amides is 1. The lowest BCUT2D eigenvalue weighted by Gasteiger charge is -2.13. The number of nitrogens with two attached hydrogens (primary N) is 2. The Bertz CT molecular complexity index is 394. The van der Waals surface area contributed by atoms with Crippen LogP contribution in [0.1, 0.15) is 129 Å². The van der Waals surface area contributed by atoms with Crippen LogP contribution in [0.25, 0.3) is 0 Å². The van der Waals surface area contributed by atoms with Gasteiger partial charge in [-0.3, -0.25) is 9.79 Å². The first kappa shape index (κ1) is 27.7. The third-order valence-electron chi connectivity index (χ3n) is 5.50. The van der Waals surface area contributed by atoms with Gasteiger partial charge in [0.25, 0.3) is 0 Å². The van der Waals surface area contributed by atoms with Crippen molar-refractivity contribution < 1.29 is 4.79 Å². The van der Waals surface area contributed by atoms with E-state index in [0.717, 1.165) is 19.3 Å². The van der Waals surface area contributed by atoms with Gasteiger partial charge in [-0.25, -0.2) is 0 Å². The van der Waals surface area contributed by atoms with Gasteiger partial charge in [-0.15, -0.1) is 0 Å². The van der Waals surface area contributed by atoms with Crippen LogP contribution in [0.5, 0.6) is 0 Å². The van der Waals surface area contributed by atoms with Gasteiger partial charge in [0.05, 0.1) is 0 Å². The quantitative estimate of drug-likeness (QED) is 0.127. The summed E-state index contributed by atoms with van der Waals surface area (Å²) < 4.78 is 0. The fraction of sp³-hybridized carbons (Fsp3) is 0.917. The number of nitrogens with zero attached hydrogens (tertiary/aromatic N) is 1. The standard InChI is InChI=1S/C24H50N4O/c1-3-4-5-6-7-8-9-10-11-12-13-14-15-16-17-20-23(29)28-22(2)19-18-21-27-24(25)26/h22H,3-21H2,1-2H3,(H,28,29)(H4,25,26,27). The molecule has 172 valence electrons. The third kappa shape index (κ3) is 22.9. The predicted octanol–water partition coefficient (Wildman–Crippen LogP) is 5.81. The lowest BCUT2D eigenvalue weighted by molar-refractivity contribution is -0.121. The first-order valence-electron chi connectivity index (χ1n) is 12.4. The molecule has 0 fully saturated rings. The van der Waals surface area contributed by atoms with Crippen molar-refractivity contribution in [1.29, 1.82) is 0 Å². The van der Waals surface area contributed by atoms with Gasteiger partial charge in [0.1, 0.15) is 0 Å². The van der Waals surface area contributed by atoms with E-state index in [1.165, 1.54) is 89.9 Å². The van der Waals surface area contributed by atoms with Crippen molar-refractivity contribution in [2.24, 2.45) is 16.5 Å². The van der Waals surface area contributed by atoms with Crippen molar-refractivity contribution in [3.8, 4) is 0 Å². The lowest BCUT2D eigenvalue weighted by Crippen LogP contribution is -2.32. The molecule has 5 nitrogen and oxygen atoms in total. The first-order chi connectivity index (χ1) is 14.1. The molecule has 0 heterocycles. The molecular formula is C24H50N4O. The lowest BCUT2D eigenvalue weighted by atomic mass is 10.0. The molecule has 0 aromatic carbocycles. The Morgan fingerprint density at radius 3 is 1.66 bits per heavy atom. The van der Waals surface area contributed by atoms with Gasteiger partial charge in [0.2, 0.25) is 5.91 Å². The molecule has 0 rings (SSSR count). The van der Waals surface area contributed by atoms with E-state index >= 15 is 0 Å². The maximum absolute atomic E-state index is 11.9. The van der Waals surface area contributed by atoms with Crippen LogP contribution in [0, 0.1) is 0 Å². The van der Waals surface area contributed by atoms with Crippen molar-refractivity contribution in [2.45, 2.75) is 135 Å². The second kappa shape index (κ2) is 21.4. The number of hydrogen-bond acceptors (Lipinski definition) is 2. The summed E-state index contributed by atoms with van der Waals surface area (Å²) in [6.45, 7) is 4.95. The number of hydrogen-bond donors (Lipinski definition) is 3. The minimum atomic E-state index is 0.134. The third-order valence-corrected chi connectivity index (χ3v) is 5.50. The molecule has 0 radical (unpaired) electrons. The van der Waals surface area contributed by atoms with Crippen LogP contribution in [0.4, 0.5) is 0 Å². The van der Waals surface area contributed by atoms with Gasteiger partial charge in [0.15, 0.2) is 5.96 Å². The van der Waals surface area contributed by atoms with Crippen molar-refractivity contribution in [3.05, 3.63) is 0 Å². The number of carbonyl (C=O) groups is 1. The van der Waals surface area contributed by atoms with Gasteiger partial charge in [-0.1, -0.05) is 96.8 Å². The van der Waals surface area contributed by atoms with E-state index in [1.54, 1.807) is 0 Å². The Hall–Kier alpha value is -1.26. The van der Waals surface area contributed by atoms with Crippen LogP contribution >= 0.6 is 0 Å². The van der Waals surface area contributed by atoms with Crippen LogP contribution in [0.3, 0.4) is 0 Å². The summed E-state index contributed by atoms with van der Waals surface area (Å²) >= 11 is 0. The average Bonchev–Trinajstić information content (AvgIpc) is 2.68. The Morgan fingerprint density at radius 2 is 1.21 bits per heavy atom. The number of aliphatic imine (C=N–C) groups is 1. The molecule has 1 unspecified atom stereocenters. The van der Waals surface area contributed by atoms with E-state index in [0.29, 0.717) is 13.0 Å². The molecule has 0 aliphatic rings. The summed E-state index contributed by atoms with van der Waals surface area (Å²) in [6, 6.07) is 0.188. The van der Waals surface area contributed by atoms with E-state index in [2.05, 4.69) is 17.2 Å². The van der Waals surface area contributed by atoms with Gasteiger partial charge < -0.3 is 16.8 Å². The molecule has 0 spiro atoms. The Balaban J connectivity index is 3.29. The average molecular weight is 411 g/mol. The Morgan fingerprint density at radius 1 is 0.759 bits per heavy atom. The molecule has 5 heteroatoms. The molecule has 0 bridgehead atoms. The van der Waals surface area contributed by atoms with Gasteiger partial charge >= 0.3 is 0 Å². The normalized spacial score (nSPS) is 11.9. The molecule has 5 N–H and O–H groups in total. The summed E-state index contributed by atoms with van der Waals surface area (Å²) in [7, 11) is 0. The van der Waals surface area contributed by atoms with Crippen LogP contribution in [0.15, 0.2) is 4.99 Å². The van der Waals surface area contributed by atoms with Crippen molar-refractivity contribution in [3.63, 3.8) is 0 Å². The van der Waals surface area contributed by atoms with Gasteiger partial charge in [-0.05, 0) is 26.2 Å². The molecule has 0 aliphatic carbocycles. The fourth-order valence-corrected chi connectivity index (χ4v) is 3.68. The van der Waals surface area contributed by atoms with Crippen LogP contribution < -0.4 is 16.8 Å². The zero-order valence-electron chi connectivity index (χ0n) is 19.5. The highest BCUT2D eigenvalue weighted by atomic mass is 16.1. The number of nitrogens with one attached hydrogen (secondary N) is 1. The molecule has 0 aliphatic heterocycles. The second-order valence-electron chi connectivity index (χ2n) is 8.62. The van der Waals surface area contributed by atoms with Crippen molar-refractivity contribution in [2.75, 3.05) is 6.54 Å². The van der Waals surface area contributed by atoms with E-state index in [-0.39, 0.29) is 17.9 Å². The smallest absolute Gasteiger partial charge is 0.220 e. The zero-order valence-corrected chi connectivity index (χ0v) is 19.5. The second-order valence-corrected chi connectivity index (χ2v) is 8.62. The molecule has 1 atom stereocenters. The van der Waals surface area contributed by atoms with E-state index in [4.69, 9.17) is 11.5 Å². The highest BCUT2D eigenvalue weighted by Crippen LogP contribution is 2.13.